The van der Waals surface area contributed by atoms with Gasteiger partial charge in [0.15, 0.2) is 11.8 Å². The summed E-state index contributed by atoms with van der Waals surface area (Å²) in [5.74, 6) is 1.67. The van der Waals surface area contributed by atoms with Gasteiger partial charge in [-0.3, -0.25) is 4.99 Å². The highest BCUT2D eigenvalue weighted by Gasteiger charge is 2.35. The summed E-state index contributed by atoms with van der Waals surface area (Å²) in [5, 5.41) is 10.7. The quantitative estimate of drug-likeness (QED) is 0.234. The molecule has 1 unspecified atom stereocenters. The number of nitrogens with one attached hydrogen (secondary N) is 2. The molecule has 0 saturated carbocycles. The van der Waals surface area contributed by atoms with Gasteiger partial charge in [-0.15, -0.1) is 24.0 Å². The lowest BCUT2D eigenvalue weighted by atomic mass is 10.1. The molecular formula is C18H25F3IN7O2. The van der Waals surface area contributed by atoms with Crippen molar-refractivity contribution in [2.24, 2.45) is 4.99 Å². The van der Waals surface area contributed by atoms with Gasteiger partial charge in [0.2, 0.25) is 5.88 Å². The van der Waals surface area contributed by atoms with E-state index < -0.39 is 17.6 Å². The Hall–Kier alpha value is -2.16. The summed E-state index contributed by atoms with van der Waals surface area (Å²) in [4.78, 5) is 12.3. The Labute approximate surface area is 194 Å². The SMILES string of the molecule is CN=C(NCCOc1ncccc1C(F)(F)F)NC1CCc2nc(COC)nn2C1.I. The van der Waals surface area contributed by atoms with Crippen LogP contribution in [0.2, 0.25) is 0 Å². The predicted molar refractivity (Wildman–Crippen MR) is 117 cm³/mol. The molecule has 3 heterocycles. The highest BCUT2D eigenvalue weighted by molar-refractivity contribution is 14.0. The first kappa shape index (κ1) is 25.1. The van der Waals surface area contributed by atoms with E-state index in [0.717, 1.165) is 24.7 Å². The van der Waals surface area contributed by atoms with Crippen LogP contribution in [0.15, 0.2) is 23.3 Å². The zero-order valence-electron chi connectivity index (χ0n) is 17.1. The van der Waals surface area contributed by atoms with Crippen LogP contribution in [0.4, 0.5) is 13.2 Å². The van der Waals surface area contributed by atoms with E-state index in [1.165, 1.54) is 12.3 Å². The summed E-state index contributed by atoms with van der Waals surface area (Å²) >= 11 is 0. The summed E-state index contributed by atoms with van der Waals surface area (Å²) in [6.45, 7) is 1.26. The minimum absolute atomic E-state index is 0. The van der Waals surface area contributed by atoms with Gasteiger partial charge in [0.05, 0.1) is 13.1 Å². The van der Waals surface area contributed by atoms with Crippen LogP contribution in [-0.2, 0) is 30.5 Å². The van der Waals surface area contributed by atoms with Crippen molar-refractivity contribution in [3.05, 3.63) is 35.5 Å². The number of methoxy groups -OCH3 is 1. The summed E-state index contributed by atoms with van der Waals surface area (Å²) in [6.07, 6.45) is -1.63. The molecule has 0 aromatic carbocycles. The van der Waals surface area contributed by atoms with Crippen molar-refractivity contribution in [1.82, 2.24) is 30.4 Å². The van der Waals surface area contributed by atoms with Gasteiger partial charge in [0.1, 0.15) is 24.6 Å². The Morgan fingerprint density at radius 2 is 2.19 bits per heavy atom. The fourth-order valence-corrected chi connectivity index (χ4v) is 3.10. The minimum Gasteiger partial charge on any atom is -0.475 e. The van der Waals surface area contributed by atoms with Crippen LogP contribution in [0.5, 0.6) is 5.88 Å². The maximum Gasteiger partial charge on any atom is 0.421 e. The van der Waals surface area contributed by atoms with Crippen molar-refractivity contribution >= 4 is 29.9 Å². The van der Waals surface area contributed by atoms with E-state index in [1.807, 2.05) is 4.68 Å². The Kier molecular flexibility index (Phi) is 9.28. The first-order valence-corrected chi connectivity index (χ1v) is 9.44. The van der Waals surface area contributed by atoms with E-state index in [2.05, 4.69) is 30.7 Å². The zero-order valence-corrected chi connectivity index (χ0v) is 19.5. The molecule has 0 amide bonds. The summed E-state index contributed by atoms with van der Waals surface area (Å²) in [6, 6.07) is 2.26. The number of guanidine groups is 1. The number of rotatable bonds is 7. The van der Waals surface area contributed by atoms with E-state index in [9.17, 15) is 13.2 Å². The summed E-state index contributed by atoms with van der Waals surface area (Å²) in [7, 11) is 3.22. The molecule has 31 heavy (non-hydrogen) atoms. The normalized spacial score (nSPS) is 16.3. The van der Waals surface area contributed by atoms with Crippen molar-refractivity contribution in [3.8, 4) is 5.88 Å². The molecule has 13 heteroatoms. The third-order valence-corrected chi connectivity index (χ3v) is 4.45. The first-order valence-electron chi connectivity index (χ1n) is 9.44. The van der Waals surface area contributed by atoms with E-state index in [-0.39, 0.29) is 43.2 Å². The van der Waals surface area contributed by atoms with Gasteiger partial charge in [-0.1, -0.05) is 0 Å². The van der Waals surface area contributed by atoms with Crippen molar-refractivity contribution in [1.29, 1.82) is 0 Å². The number of nitrogens with zero attached hydrogens (tertiary/aromatic N) is 5. The van der Waals surface area contributed by atoms with Crippen LogP contribution >= 0.6 is 24.0 Å². The second-order valence-corrected chi connectivity index (χ2v) is 6.64. The van der Waals surface area contributed by atoms with E-state index in [4.69, 9.17) is 9.47 Å². The number of hydrogen-bond donors (Lipinski definition) is 2. The summed E-state index contributed by atoms with van der Waals surface area (Å²) in [5.41, 5.74) is -0.897. The second kappa shape index (κ2) is 11.5. The third-order valence-electron chi connectivity index (χ3n) is 4.45. The monoisotopic (exact) mass is 555 g/mol. The molecule has 9 nitrogen and oxygen atoms in total. The van der Waals surface area contributed by atoms with Gasteiger partial charge in [0.25, 0.3) is 0 Å². The molecule has 0 radical (unpaired) electrons. The molecule has 1 aliphatic heterocycles. The highest BCUT2D eigenvalue weighted by atomic mass is 127. The van der Waals surface area contributed by atoms with Gasteiger partial charge in [-0.05, 0) is 18.6 Å². The minimum atomic E-state index is -4.51. The van der Waals surface area contributed by atoms with Gasteiger partial charge >= 0.3 is 6.18 Å². The average Bonchev–Trinajstić information content (AvgIpc) is 3.11. The molecule has 0 saturated heterocycles. The fourth-order valence-electron chi connectivity index (χ4n) is 3.10. The maximum atomic E-state index is 13.0. The molecule has 0 fully saturated rings. The van der Waals surface area contributed by atoms with Crippen molar-refractivity contribution < 1.29 is 22.6 Å². The van der Waals surface area contributed by atoms with Crippen LogP contribution in [0, 0.1) is 0 Å². The third kappa shape index (κ3) is 6.92. The van der Waals surface area contributed by atoms with Crippen LogP contribution in [0.1, 0.15) is 23.6 Å². The lowest BCUT2D eigenvalue weighted by Crippen LogP contribution is -2.47. The number of hydrogen-bond acceptors (Lipinski definition) is 6. The molecule has 1 atom stereocenters. The number of aryl methyl sites for hydroxylation is 1. The molecule has 2 N–H and O–H groups in total. The Morgan fingerprint density at radius 3 is 2.90 bits per heavy atom. The number of pyridine rings is 1. The van der Waals surface area contributed by atoms with Crippen LogP contribution < -0.4 is 15.4 Å². The van der Waals surface area contributed by atoms with E-state index in [0.29, 0.717) is 24.9 Å². The smallest absolute Gasteiger partial charge is 0.421 e. The number of halogens is 4. The van der Waals surface area contributed by atoms with Crippen LogP contribution in [-0.4, -0.2) is 59.1 Å². The molecule has 0 bridgehead atoms. The number of aliphatic imine (C=N–C) groups is 1. The molecule has 2 aromatic rings. The Balaban J connectivity index is 0.00000341. The highest BCUT2D eigenvalue weighted by Crippen LogP contribution is 2.34. The standard InChI is InChI=1S/C18H24F3N7O2.HI/c1-22-17(24-8-9-30-16-13(18(19,20)21)4-3-7-23-16)25-12-5-6-15-26-14(11-29-2)27-28(15)10-12;/h3-4,7,12H,5-6,8-11H2,1-2H3,(H2,22,24,25);1H. The molecule has 0 spiro atoms. The lowest BCUT2D eigenvalue weighted by Gasteiger charge is -2.25. The van der Waals surface area contributed by atoms with E-state index >= 15 is 0 Å². The number of ether oxygens (including phenoxy) is 2. The fraction of sp³-hybridized carbons (Fsp3) is 0.556. The zero-order chi connectivity index (χ0) is 21.6. The van der Waals surface area contributed by atoms with Crippen molar-refractivity contribution in [2.75, 3.05) is 27.3 Å². The second-order valence-electron chi connectivity index (χ2n) is 6.64. The predicted octanol–water partition coefficient (Wildman–Crippen LogP) is 2.02. The van der Waals surface area contributed by atoms with Crippen molar-refractivity contribution in [3.63, 3.8) is 0 Å². The number of alkyl halides is 3. The Bertz CT molecular complexity index is 876. The van der Waals surface area contributed by atoms with Gasteiger partial charge in [-0.25, -0.2) is 14.6 Å². The van der Waals surface area contributed by atoms with Crippen molar-refractivity contribution in [2.45, 2.75) is 38.2 Å². The van der Waals surface area contributed by atoms with Gasteiger partial charge in [-0.2, -0.15) is 18.3 Å². The molecule has 1 aliphatic rings. The topological polar surface area (TPSA) is 98.5 Å². The summed E-state index contributed by atoms with van der Waals surface area (Å²) < 4.78 is 51.0. The number of aromatic nitrogens is 4. The molecule has 0 aliphatic carbocycles. The molecule has 2 aromatic heterocycles. The van der Waals surface area contributed by atoms with Crippen LogP contribution in [0.3, 0.4) is 0 Å². The first-order chi connectivity index (χ1) is 14.4. The van der Waals surface area contributed by atoms with Gasteiger partial charge < -0.3 is 20.1 Å². The number of fused-ring (bicyclic) bond motifs is 1. The van der Waals surface area contributed by atoms with Gasteiger partial charge in [0, 0.05) is 32.8 Å². The lowest BCUT2D eigenvalue weighted by molar-refractivity contribution is -0.139. The molecule has 3 rings (SSSR count). The van der Waals surface area contributed by atoms with Crippen LogP contribution in [0.25, 0.3) is 0 Å². The molecular weight excluding hydrogens is 530 g/mol. The average molecular weight is 555 g/mol. The molecule has 172 valence electrons. The largest absolute Gasteiger partial charge is 0.475 e. The maximum absolute atomic E-state index is 13.0. The van der Waals surface area contributed by atoms with E-state index in [1.54, 1.807) is 14.2 Å². The Morgan fingerprint density at radius 1 is 1.39 bits per heavy atom.